The second kappa shape index (κ2) is 8.99. The van der Waals surface area contributed by atoms with Crippen molar-refractivity contribution in [2.45, 2.75) is 51.7 Å². The van der Waals surface area contributed by atoms with E-state index in [9.17, 15) is 0 Å². The number of ether oxygens (including phenoxy) is 2. The zero-order valence-corrected chi connectivity index (χ0v) is 17.1. The minimum Gasteiger partial charge on any atom is -0.490 e. The average Bonchev–Trinajstić information content (AvgIpc) is 2.71. The van der Waals surface area contributed by atoms with Gasteiger partial charge in [0.25, 0.3) is 0 Å². The molecule has 0 spiro atoms. The molecule has 1 aromatic heterocycles. The molecule has 1 aliphatic carbocycles. The van der Waals surface area contributed by atoms with E-state index in [1.54, 1.807) is 6.20 Å². The number of benzene rings is 2. The summed E-state index contributed by atoms with van der Waals surface area (Å²) in [5, 5.41) is 3.56. The van der Waals surface area contributed by atoms with E-state index in [0.717, 1.165) is 41.4 Å². The number of nitrogens with one attached hydrogen (secondary N) is 1. The molecule has 150 valence electrons. The van der Waals surface area contributed by atoms with Gasteiger partial charge in [0.15, 0.2) is 0 Å². The van der Waals surface area contributed by atoms with E-state index in [1.807, 2.05) is 36.4 Å². The van der Waals surface area contributed by atoms with Gasteiger partial charge in [-0.1, -0.05) is 26.0 Å². The minimum absolute atomic E-state index is 0.366. The summed E-state index contributed by atoms with van der Waals surface area (Å²) in [6.45, 7) is 4.85. The summed E-state index contributed by atoms with van der Waals surface area (Å²) in [6, 6.07) is 20.3. The van der Waals surface area contributed by atoms with E-state index in [1.165, 1.54) is 12.0 Å². The summed E-state index contributed by atoms with van der Waals surface area (Å²) < 4.78 is 12.0. The molecular weight excluding hydrogens is 360 g/mol. The summed E-state index contributed by atoms with van der Waals surface area (Å²) in [6.07, 6.45) is 5.76. The third-order valence-corrected chi connectivity index (χ3v) is 5.23. The molecule has 0 bridgehead atoms. The van der Waals surface area contributed by atoms with E-state index in [0.29, 0.717) is 18.6 Å². The first kappa shape index (κ1) is 19.3. The Bertz CT molecular complexity index is 937. The number of rotatable bonds is 8. The number of anilines is 2. The Kier molecular flexibility index (Phi) is 5.99. The van der Waals surface area contributed by atoms with Gasteiger partial charge < -0.3 is 14.8 Å². The molecule has 1 fully saturated rings. The van der Waals surface area contributed by atoms with Gasteiger partial charge in [0.05, 0.1) is 11.8 Å². The van der Waals surface area contributed by atoms with Crippen LogP contribution in [0.5, 0.6) is 11.5 Å². The molecule has 4 rings (SSSR count). The van der Waals surface area contributed by atoms with E-state index >= 15 is 0 Å². The maximum absolute atomic E-state index is 6.03. The molecule has 2 aromatic carbocycles. The van der Waals surface area contributed by atoms with Crippen LogP contribution in [0.2, 0.25) is 0 Å². The van der Waals surface area contributed by atoms with Crippen molar-refractivity contribution in [1.29, 1.82) is 0 Å². The number of hydrogen-bond acceptors (Lipinski definition) is 4. The maximum atomic E-state index is 6.03. The topological polar surface area (TPSA) is 43.4 Å². The van der Waals surface area contributed by atoms with Gasteiger partial charge in [-0.25, -0.2) is 0 Å². The predicted molar refractivity (Wildman–Crippen MR) is 117 cm³/mol. The lowest BCUT2D eigenvalue weighted by molar-refractivity contribution is 0.120. The summed E-state index contributed by atoms with van der Waals surface area (Å²) in [4.78, 5) is 4.31. The highest BCUT2D eigenvalue weighted by atomic mass is 16.5. The third kappa shape index (κ3) is 5.08. The Labute approximate surface area is 172 Å². The van der Waals surface area contributed by atoms with Crippen LogP contribution in [-0.4, -0.2) is 11.1 Å². The summed E-state index contributed by atoms with van der Waals surface area (Å²) in [5.41, 5.74) is 4.26. The third-order valence-electron chi connectivity index (χ3n) is 5.23. The van der Waals surface area contributed by atoms with Crippen molar-refractivity contribution in [2.75, 3.05) is 5.32 Å². The lowest BCUT2D eigenvalue weighted by Gasteiger charge is -2.26. The molecule has 0 saturated heterocycles. The predicted octanol–water partition coefficient (Wildman–Crippen LogP) is 6.46. The summed E-state index contributed by atoms with van der Waals surface area (Å²) >= 11 is 0. The van der Waals surface area contributed by atoms with E-state index in [-0.39, 0.29) is 0 Å². The van der Waals surface area contributed by atoms with Crippen LogP contribution in [-0.2, 0) is 6.61 Å². The zero-order chi connectivity index (χ0) is 20.1. The first-order chi connectivity index (χ1) is 14.2. The van der Waals surface area contributed by atoms with Crippen molar-refractivity contribution >= 4 is 11.4 Å². The molecular formula is C25H28N2O2. The maximum Gasteiger partial charge on any atom is 0.130 e. The molecule has 0 unspecified atom stereocenters. The Morgan fingerprint density at radius 3 is 2.62 bits per heavy atom. The zero-order valence-electron chi connectivity index (χ0n) is 17.1. The van der Waals surface area contributed by atoms with Crippen LogP contribution in [0.4, 0.5) is 11.4 Å². The quantitative estimate of drug-likeness (QED) is 0.481. The van der Waals surface area contributed by atoms with Crippen molar-refractivity contribution in [3.8, 4) is 11.5 Å². The molecule has 0 amide bonds. The molecule has 0 aliphatic heterocycles. The van der Waals surface area contributed by atoms with Crippen LogP contribution >= 0.6 is 0 Å². The molecule has 1 aliphatic rings. The highest BCUT2D eigenvalue weighted by Crippen LogP contribution is 2.33. The Morgan fingerprint density at radius 1 is 1.00 bits per heavy atom. The Hall–Kier alpha value is -3.01. The van der Waals surface area contributed by atoms with Gasteiger partial charge >= 0.3 is 0 Å². The fourth-order valence-electron chi connectivity index (χ4n) is 3.35. The molecule has 0 atom stereocenters. The van der Waals surface area contributed by atoms with Gasteiger partial charge in [-0.15, -0.1) is 0 Å². The van der Waals surface area contributed by atoms with Crippen molar-refractivity contribution < 1.29 is 9.47 Å². The van der Waals surface area contributed by atoms with Crippen molar-refractivity contribution in [1.82, 2.24) is 4.98 Å². The highest BCUT2D eigenvalue weighted by Gasteiger charge is 2.19. The fraction of sp³-hybridized carbons (Fsp3) is 0.320. The average molecular weight is 389 g/mol. The standard InChI is InChI=1S/C25H28N2O2/c1-18(2)24-16-22(28-17-20-7-3-4-14-26-20)12-13-25(24)27-19-8-5-11-23(15-19)29-21-9-6-10-21/h3-5,7-8,11-16,18,21,27H,6,9-10,17H2,1-2H3. The van der Waals surface area contributed by atoms with Crippen LogP contribution in [0.15, 0.2) is 66.9 Å². The van der Waals surface area contributed by atoms with E-state index < -0.39 is 0 Å². The summed E-state index contributed by atoms with van der Waals surface area (Å²) in [7, 11) is 0. The molecule has 3 aromatic rings. The first-order valence-electron chi connectivity index (χ1n) is 10.4. The van der Waals surface area contributed by atoms with Gasteiger partial charge in [0, 0.05) is 23.6 Å². The number of nitrogens with zero attached hydrogens (tertiary/aromatic N) is 1. The Morgan fingerprint density at radius 2 is 1.90 bits per heavy atom. The molecule has 4 nitrogen and oxygen atoms in total. The van der Waals surface area contributed by atoms with Gasteiger partial charge in [0.2, 0.25) is 0 Å². The largest absolute Gasteiger partial charge is 0.490 e. The molecule has 0 radical (unpaired) electrons. The SMILES string of the molecule is CC(C)c1cc(OCc2ccccn2)ccc1Nc1cccc(OC2CCC2)c1. The molecule has 1 saturated carbocycles. The van der Waals surface area contributed by atoms with Crippen molar-refractivity contribution in [2.24, 2.45) is 0 Å². The number of pyridine rings is 1. The second-order valence-electron chi connectivity index (χ2n) is 7.84. The van der Waals surface area contributed by atoms with Crippen LogP contribution < -0.4 is 14.8 Å². The van der Waals surface area contributed by atoms with Gasteiger partial charge in [0.1, 0.15) is 18.1 Å². The second-order valence-corrected chi connectivity index (χ2v) is 7.84. The molecule has 1 N–H and O–H groups in total. The number of hydrogen-bond donors (Lipinski definition) is 1. The van der Waals surface area contributed by atoms with Crippen LogP contribution in [0, 0.1) is 0 Å². The molecule has 29 heavy (non-hydrogen) atoms. The summed E-state index contributed by atoms with van der Waals surface area (Å²) in [5.74, 6) is 2.15. The van der Waals surface area contributed by atoms with Gasteiger partial charge in [-0.3, -0.25) is 4.98 Å². The van der Waals surface area contributed by atoms with Gasteiger partial charge in [-0.05, 0) is 73.2 Å². The van der Waals surface area contributed by atoms with Crippen molar-refractivity contribution in [3.63, 3.8) is 0 Å². The molecule has 4 heteroatoms. The van der Waals surface area contributed by atoms with E-state index in [4.69, 9.17) is 9.47 Å². The van der Waals surface area contributed by atoms with E-state index in [2.05, 4.69) is 48.4 Å². The molecule has 1 heterocycles. The van der Waals surface area contributed by atoms with Crippen molar-refractivity contribution in [3.05, 3.63) is 78.1 Å². The lowest BCUT2D eigenvalue weighted by atomic mass is 9.96. The van der Waals surface area contributed by atoms with Crippen LogP contribution in [0.1, 0.15) is 50.3 Å². The number of aromatic nitrogens is 1. The van der Waals surface area contributed by atoms with Gasteiger partial charge in [-0.2, -0.15) is 0 Å². The minimum atomic E-state index is 0.366. The smallest absolute Gasteiger partial charge is 0.130 e. The first-order valence-corrected chi connectivity index (χ1v) is 10.4. The highest BCUT2D eigenvalue weighted by molar-refractivity contribution is 5.66. The lowest BCUT2D eigenvalue weighted by Crippen LogP contribution is -2.24. The van der Waals surface area contributed by atoms with Crippen LogP contribution in [0.3, 0.4) is 0 Å². The normalized spacial score (nSPS) is 13.8. The monoisotopic (exact) mass is 388 g/mol. The van der Waals surface area contributed by atoms with Crippen LogP contribution in [0.25, 0.3) is 0 Å². The fourth-order valence-corrected chi connectivity index (χ4v) is 3.35. The Balaban J connectivity index is 1.47.